The van der Waals surface area contributed by atoms with Crippen LogP contribution in [0, 0.1) is 0 Å². The molecule has 0 amide bonds. The van der Waals surface area contributed by atoms with Crippen LogP contribution in [-0.2, 0) is 6.54 Å². The molecule has 1 aromatic rings. The Labute approximate surface area is 108 Å². The van der Waals surface area contributed by atoms with E-state index < -0.39 is 0 Å². The molecule has 0 spiro atoms. The predicted molar refractivity (Wildman–Crippen MR) is 74.7 cm³/mol. The van der Waals surface area contributed by atoms with Gasteiger partial charge in [0, 0.05) is 30.6 Å². The molecule has 1 aromatic heterocycles. The van der Waals surface area contributed by atoms with Crippen LogP contribution in [0.3, 0.4) is 0 Å². The summed E-state index contributed by atoms with van der Waals surface area (Å²) in [6.45, 7) is 8.70. The van der Waals surface area contributed by atoms with Crippen molar-refractivity contribution in [3.05, 3.63) is 11.1 Å². The second-order valence-electron chi connectivity index (χ2n) is 5.20. The minimum Gasteiger partial charge on any atom is -0.345 e. The number of hydrogen-bond acceptors (Lipinski definition) is 4. The fraction of sp³-hybridized carbons (Fsp3) is 0.769. The van der Waals surface area contributed by atoms with Gasteiger partial charge in [0.25, 0.3) is 0 Å². The lowest BCUT2D eigenvalue weighted by atomic mass is 10.1. The third-order valence-electron chi connectivity index (χ3n) is 3.28. The molecule has 0 radical (unpaired) electrons. The highest BCUT2D eigenvalue weighted by Gasteiger charge is 2.20. The largest absolute Gasteiger partial charge is 0.345 e. The molecule has 1 aliphatic rings. The fourth-order valence-electron chi connectivity index (χ4n) is 2.20. The molecule has 96 valence electrons. The molecule has 1 N–H and O–H groups in total. The van der Waals surface area contributed by atoms with Crippen LogP contribution in [0.25, 0.3) is 0 Å². The molecule has 4 heteroatoms. The average molecular weight is 253 g/mol. The van der Waals surface area contributed by atoms with Crippen molar-refractivity contribution in [2.75, 3.05) is 11.4 Å². The Balaban J connectivity index is 1.97. The van der Waals surface area contributed by atoms with E-state index in [1.165, 1.54) is 36.6 Å². The SMILES string of the molecule is CC(C)NCc1csc(N2CCCCC2C)n1. The summed E-state index contributed by atoms with van der Waals surface area (Å²) in [4.78, 5) is 7.20. The first kappa shape index (κ1) is 12.8. The molecule has 0 bridgehead atoms. The number of thiazole rings is 1. The van der Waals surface area contributed by atoms with Crippen molar-refractivity contribution in [3.63, 3.8) is 0 Å². The van der Waals surface area contributed by atoms with Gasteiger partial charge in [-0.1, -0.05) is 13.8 Å². The molecule has 0 aliphatic carbocycles. The van der Waals surface area contributed by atoms with Gasteiger partial charge in [-0.05, 0) is 26.2 Å². The Hall–Kier alpha value is -0.610. The van der Waals surface area contributed by atoms with Crippen LogP contribution in [0.15, 0.2) is 5.38 Å². The van der Waals surface area contributed by atoms with Crippen LogP contribution in [0.1, 0.15) is 45.7 Å². The summed E-state index contributed by atoms with van der Waals surface area (Å²) in [5.41, 5.74) is 1.18. The Morgan fingerprint density at radius 2 is 2.35 bits per heavy atom. The van der Waals surface area contributed by atoms with Gasteiger partial charge in [-0.15, -0.1) is 11.3 Å². The first-order chi connectivity index (χ1) is 8.16. The average Bonchev–Trinajstić information content (AvgIpc) is 2.75. The van der Waals surface area contributed by atoms with Crippen molar-refractivity contribution in [2.24, 2.45) is 0 Å². The van der Waals surface area contributed by atoms with E-state index in [0.29, 0.717) is 12.1 Å². The molecule has 17 heavy (non-hydrogen) atoms. The van der Waals surface area contributed by atoms with E-state index in [-0.39, 0.29) is 0 Å². The zero-order chi connectivity index (χ0) is 12.3. The zero-order valence-electron chi connectivity index (χ0n) is 11.1. The number of rotatable bonds is 4. The molecule has 1 saturated heterocycles. The van der Waals surface area contributed by atoms with Gasteiger partial charge in [0.15, 0.2) is 5.13 Å². The van der Waals surface area contributed by atoms with Crippen molar-refractivity contribution in [1.29, 1.82) is 0 Å². The van der Waals surface area contributed by atoms with Gasteiger partial charge < -0.3 is 10.2 Å². The van der Waals surface area contributed by atoms with E-state index in [9.17, 15) is 0 Å². The zero-order valence-corrected chi connectivity index (χ0v) is 11.9. The van der Waals surface area contributed by atoms with Gasteiger partial charge >= 0.3 is 0 Å². The van der Waals surface area contributed by atoms with Crippen LogP contribution >= 0.6 is 11.3 Å². The molecule has 1 fully saturated rings. The quantitative estimate of drug-likeness (QED) is 0.894. The van der Waals surface area contributed by atoms with Gasteiger partial charge in [0.2, 0.25) is 0 Å². The fourth-order valence-corrected chi connectivity index (χ4v) is 3.15. The maximum absolute atomic E-state index is 4.74. The number of anilines is 1. The topological polar surface area (TPSA) is 28.2 Å². The number of hydrogen-bond donors (Lipinski definition) is 1. The minimum atomic E-state index is 0.522. The summed E-state index contributed by atoms with van der Waals surface area (Å²) in [6, 6.07) is 1.18. The van der Waals surface area contributed by atoms with E-state index in [0.717, 1.165) is 6.54 Å². The summed E-state index contributed by atoms with van der Waals surface area (Å²) in [7, 11) is 0. The first-order valence-corrected chi connectivity index (χ1v) is 7.49. The van der Waals surface area contributed by atoms with Gasteiger partial charge in [-0.2, -0.15) is 0 Å². The molecule has 2 rings (SSSR count). The first-order valence-electron chi connectivity index (χ1n) is 6.61. The molecule has 3 nitrogen and oxygen atoms in total. The lowest BCUT2D eigenvalue weighted by Gasteiger charge is -2.33. The number of aromatic nitrogens is 1. The monoisotopic (exact) mass is 253 g/mol. The van der Waals surface area contributed by atoms with E-state index in [2.05, 4.69) is 36.4 Å². The van der Waals surface area contributed by atoms with Crippen LogP contribution in [-0.4, -0.2) is 23.6 Å². The second kappa shape index (κ2) is 5.83. The van der Waals surface area contributed by atoms with Gasteiger partial charge in [0.05, 0.1) is 5.69 Å². The second-order valence-corrected chi connectivity index (χ2v) is 6.03. The smallest absolute Gasteiger partial charge is 0.185 e. The maximum Gasteiger partial charge on any atom is 0.185 e. The normalized spacial score (nSPS) is 21.2. The number of nitrogens with one attached hydrogen (secondary N) is 1. The predicted octanol–water partition coefficient (Wildman–Crippen LogP) is 3.02. The number of nitrogens with zero attached hydrogens (tertiary/aromatic N) is 2. The molecule has 1 aliphatic heterocycles. The van der Waals surface area contributed by atoms with Crippen molar-refractivity contribution < 1.29 is 0 Å². The Morgan fingerprint density at radius 1 is 1.53 bits per heavy atom. The van der Waals surface area contributed by atoms with Gasteiger partial charge in [-0.25, -0.2) is 4.98 Å². The van der Waals surface area contributed by atoms with Crippen molar-refractivity contribution in [1.82, 2.24) is 10.3 Å². The van der Waals surface area contributed by atoms with Crippen LogP contribution in [0.5, 0.6) is 0 Å². The van der Waals surface area contributed by atoms with E-state index in [1.54, 1.807) is 11.3 Å². The third kappa shape index (κ3) is 3.42. The summed E-state index contributed by atoms with van der Waals surface area (Å²) in [6.07, 6.45) is 3.98. The molecule has 2 heterocycles. The molecule has 0 aromatic carbocycles. The van der Waals surface area contributed by atoms with E-state index in [1.807, 2.05) is 0 Å². The summed E-state index contributed by atoms with van der Waals surface area (Å²) >= 11 is 1.79. The molecule has 1 atom stereocenters. The highest BCUT2D eigenvalue weighted by molar-refractivity contribution is 7.13. The van der Waals surface area contributed by atoms with Gasteiger partial charge in [0.1, 0.15) is 0 Å². The lowest BCUT2D eigenvalue weighted by Crippen LogP contribution is -2.37. The van der Waals surface area contributed by atoms with Crippen molar-refractivity contribution in [3.8, 4) is 0 Å². The van der Waals surface area contributed by atoms with E-state index >= 15 is 0 Å². The van der Waals surface area contributed by atoms with Crippen LogP contribution in [0.4, 0.5) is 5.13 Å². The molecular weight excluding hydrogens is 230 g/mol. The summed E-state index contributed by atoms with van der Waals surface area (Å²) in [5.74, 6) is 0. The van der Waals surface area contributed by atoms with Crippen molar-refractivity contribution in [2.45, 2.75) is 58.7 Å². The minimum absolute atomic E-state index is 0.522. The number of piperidine rings is 1. The Kier molecular flexibility index (Phi) is 4.40. The van der Waals surface area contributed by atoms with Crippen molar-refractivity contribution >= 4 is 16.5 Å². The third-order valence-corrected chi connectivity index (χ3v) is 4.21. The maximum atomic E-state index is 4.74. The van der Waals surface area contributed by atoms with Gasteiger partial charge in [-0.3, -0.25) is 0 Å². The Bertz CT molecular complexity index is 348. The van der Waals surface area contributed by atoms with E-state index in [4.69, 9.17) is 4.98 Å². The molecule has 1 unspecified atom stereocenters. The molecule has 0 saturated carbocycles. The highest BCUT2D eigenvalue weighted by Crippen LogP contribution is 2.27. The Morgan fingerprint density at radius 3 is 3.06 bits per heavy atom. The standard InChI is InChI=1S/C13H23N3S/c1-10(2)14-8-12-9-17-13(15-12)16-7-5-4-6-11(16)3/h9-11,14H,4-8H2,1-3H3. The summed E-state index contributed by atoms with van der Waals surface area (Å²) in [5, 5.41) is 6.81. The van der Waals surface area contributed by atoms with Crippen LogP contribution < -0.4 is 10.2 Å². The summed E-state index contributed by atoms with van der Waals surface area (Å²) < 4.78 is 0. The van der Waals surface area contributed by atoms with Crippen LogP contribution in [0.2, 0.25) is 0 Å². The lowest BCUT2D eigenvalue weighted by molar-refractivity contribution is 0.483. The highest BCUT2D eigenvalue weighted by atomic mass is 32.1. The molecular formula is C13H23N3S.